The normalized spacial score (nSPS) is 19.2. The third-order valence-corrected chi connectivity index (χ3v) is 9.33. The summed E-state index contributed by atoms with van der Waals surface area (Å²) in [6.45, 7) is 1.39. The molecule has 3 aliphatic rings. The van der Waals surface area contributed by atoms with Crippen molar-refractivity contribution in [3.05, 3.63) is 99.6 Å². The van der Waals surface area contributed by atoms with E-state index in [1.165, 1.54) is 6.20 Å². The Morgan fingerprint density at radius 3 is 2.76 bits per heavy atom. The molecular weight excluding hydrogens is 653 g/mol. The SMILES string of the molecule is O=C1NCCCC[C@@H](C(=O)O)NCc2cc(Cl)c(O[C@H]3CCc4c(-c5ccc6c(c5F)OCCO6)cccc43)cc2OCc2cncc1c2. The van der Waals surface area contributed by atoms with E-state index in [4.69, 9.17) is 30.5 Å². The highest BCUT2D eigenvalue weighted by Crippen LogP contribution is 2.45. The molecule has 254 valence electrons. The van der Waals surface area contributed by atoms with Crippen LogP contribution in [0, 0.1) is 5.82 Å². The number of hydrogen-bond acceptors (Lipinski definition) is 8. The van der Waals surface area contributed by atoms with Crippen molar-refractivity contribution >= 4 is 23.5 Å². The maximum Gasteiger partial charge on any atom is 0.320 e. The third kappa shape index (κ3) is 7.00. The number of halogens is 2. The van der Waals surface area contributed by atoms with Crippen LogP contribution in [0.3, 0.4) is 0 Å². The van der Waals surface area contributed by atoms with Crippen LogP contribution in [0.25, 0.3) is 11.1 Å². The smallest absolute Gasteiger partial charge is 0.320 e. The molecule has 2 atom stereocenters. The first-order valence-electron chi connectivity index (χ1n) is 16.4. The summed E-state index contributed by atoms with van der Waals surface area (Å²) >= 11 is 6.81. The molecule has 3 aromatic carbocycles. The van der Waals surface area contributed by atoms with Gasteiger partial charge in [-0.25, -0.2) is 4.39 Å². The highest BCUT2D eigenvalue weighted by molar-refractivity contribution is 6.32. The Balaban J connectivity index is 1.18. The number of carbonyl (C=O) groups is 2. The van der Waals surface area contributed by atoms with Gasteiger partial charge in [0.1, 0.15) is 43.5 Å². The minimum atomic E-state index is -0.963. The number of fused-ring (bicyclic) bond motifs is 5. The topological polar surface area (TPSA) is 128 Å². The van der Waals surface area contributed by atoms with Gasteiger partial charge in [0.05, 0.1) is 10.6 Å². The van der Waals surface area contributed by atoms with E-state index >= 15 is 4.39 Å². The van der Waals surface area contributed by atoms with Gasteiger partial charge in [-0.3, -0.25) is 14.6 Å². The van der Waals surface area contributed by atoms with Crippen molar-refractivity contribution in [2.75, 3.05) is 19.8 Å². The molecule has 49 heavy (non-hydrogen) atoms. The van der Waals surface area contributed by atoms with Gasteiger partial charge in [-0.15, -0.1) is 0 Å². The van der Waals surface area contributed by atoms with Crippen LogP contribution in [-0.4, -0.2) is 47.8 Å². The Hall–Kier alpha value is -4.87. The summed E-state index contributed by atoms with van der Waals surface area (Å²) in [5, 5.41) is 16.2. The monoisotopic (exact) mass is 687 g/mol. The largest absolute Gasteiger partial charge is 0.488 e. The number of aromatic nitrogens is 1. The van der Waals surface area contributed by atoms with Crippen LogP contribution in [0.5, 0.6) is 23.0 Å². The van der Waals surface area contributed by atoms with Gasteiger partial charge in [-0.2, -0.15) is 0 Å². The molecule has 2 aliphatic heterocycles. The van der Waals surface area contributed by atoms with E-state index in [2.05, 4.69) is 15.6 Å². The van der Waals surface area contributed by atoms with Gasteiger partial charge >= 0.3 is 5.97 Å². The summed E-state index contributed by atoms with van der Waals surface area (Å²) < 4.78 is 39.6. The van der Waals surface area contributed by atoms with Crippen molar-refractivity contribution in [1.29, 1.82) is 0 Å². The van der Waals surface area contributed by atoms with Crippen LogP contribution in [0.2, 0.25) is 5.02 Å². The predicted octanol–water partition coefficient (Wildman–Crippen LogP) is 6.41. The number of benzene rings is 3. The molecule has 3 heterocycles. The Morgan fingerprint density at radius 1 is 1.00 bits per heavy atom. The maximum atomic E-state index is 15.6. The summed E-state index contributed by atoms with van der Waals surface area (Å²) in [5.74, 6) is -0.302. The molecule has 7 rings (SSSR count). The fourth-order valence-corrected chi connectivity index (χ4v) is 6.78. The van der Waals surface area contributed by atoms with E-state index in [0.717, 1.165) is 16.7 Å². The molecule has 0 radical (unpaired) electrons. The van der Waals surface area contributed by atoms with E-state index in [-0.39, 0.29) is 37.5 Å². The van der Waals surface area contributed by atoms with Gasteiger partial charge < -0.3 is 34.7 Å². The van der Waals surface area contributed by atoms with E-state index in [1.54, 1.807) is 36.5 Å². The molecule has 10 nitrogen and oxygen atoms in total. The second-order valence-corrected chi connectivity index (χ2v) is 12.7. The molecular formula is C37H35ClFN3O7. The number of hydrogen-bond donors (Lipinski definition) is 3. The number of carboxylic acid groups (broad SMARTS) is 1. The van der Waals surface area contributed by atoms with E-state index in [0.29, 0.717) is 89.8 Å². The number of nitrogens with zero attached hydrogens (tertiary/aromatic N) is 1. The Labute approximate surface area is 287 Å². The summed E-state index contributed by atoms with van der Waals surface area (Å²) in [5.41, 5.74) is 4.88. The summed E-state index contributed by atoms with van der Waals surface area (Å²) in [7, 11) is 0. The first-order chi connectivity index (χ1) is 23.9. The van der Waals surface area contributed by atoms with E-state index < -0.39 is 17.8 Å². The van der Waals surface area contributed by atoms with Gasteiger partial charge in [-0.05, 0) is 73.1 Å². The lowest BCUT2D eigenvalue weighted by Crippen LogP contribution is -2.36. The fraction of sp³-hybridized carbons (Fsp3) is 0.324. The number of pyridine rings is 1. The average molecular weight is 688 g/mol. The van der Waals surface area contributed by atoms with Gasteiger partial charge in [-0.1, -0.05) is 29.8 Å². The molecule has 0 spiro atoms. The van der Waals surface area contributed by atoms with Gasteiger partial charge in [0.15, 0.2) is 17.3 Å². The van der Waals surface area contributed by atoms with Crippen LogP contribution in [-0.2, 0) is 24.4 Å². The third-order valence-electron chi connectivity index (χ3n) is 9.03. The van der Waals surface area contributed by atoms with Crippen molar-refractivity contribution < 1.29 is 38.0 Å². The molecule has 12 heteroatoms. The van der Waals surface area contributed by atoms with Crippen LogP contribution in [0.4, 0.5) is 4.39 Å². The average Bonchev–Trinajstić information content (AvgIpc) is 3.52. The quantitative estimate of drug-likeness (QED) is 0.223. The molecule has 1 aliphatic carbocycles. The minimum absolute atomic E-state index is 0.0985. The lowest BCUT2D eigenvalue weighted by molar-refractivity contribution is -0.139. The van der Waals surface area contributed by atoms with Gasteiger partial charge in [0.25, 0.3) is 5.91 Å². The molecule has 2 bridgehead atoms. The molecule has 1 amide bonds. The second kappa shape index (κ2) is 14.3. The summed E-state index contributed by atoms with van der Waals surface area (Å²) in [6, 6.07) is 13.6. The Kier molecular flexibility index (Phi) is 9.54. The Morgan fingerprint density at radius 2 is 1.88 bits per heavy atom. The minimum Gasteiger partial charge on any atom is -0.488 e. The lowest BCUT2D eigenvalue weighted by atomic mass is 9.96. The molecule has 0 saturated carbocycles. The standard InChI is InChI=1S/C37H35ClFN3O7/c38-28-15-22-19-42-29(37(44)45)6-1-2-11-41-36(43)23-14-21(17-40-18-23)20-48-32(22)16-33(28)49-30-9-7-25-24(4-3-5-26(25)30)27-8-10-31-35(34(27)39)47-13-12-46-31/h3-5,8,10,14-18,29-30,42H,1-2,6-7,9,11-13,19-20H2,(H,41,43)(H,44,45)/t29-,30-/m0/s1. The zero-order valence-corrected chi connectivity index (χ0v) is 27.4. The van der Waals surface area contributed by atoms with Crippen LogP contribution in [0.1, 0.15) is 64.4 Å². The predicted molar refractivity (Wildman–Crippen MR) is 179 cm³/mol. The number of aliphatic carboxylic acids is 1. The van der Waals surface area contributed by atoms with Gasteiger partial charge in [0, 0.05) is 48.2 Å². The zero-order valence-electron chi connectivity index (χ0n) is 26.6. The van der Waals surface area contributed by atoms with Crippen molar-refractivity contribution in [3.63, 3.8) is 0 Å². The fourth-order valence-electron chi connectivity index (χ4n) is 6.55. The number of rotatable bonds is 4. The summed E-state index contributed by atoms with van der Waals surface area (Å²) in [6.07, 6.45) is 5.70. The molecule has 1 aromatic heterocycles. The zero-order chi connectivity index (χ0) is 33.9. The van der Waals surface area contributed by atoms with E-state index in [9.17, 15) is 14.7 Å². The molecule has 0 unspecified atom stereocenters. The molecule has 3 N–H and O–H groups in total. The number of carbonyl (C=O) groups excluding carboxylic acids is 1. The number of carboxylic acids is 1. The first-order valence-corrected chi connectivity index (χ1v) is 16.7. The first kappa shape index (κ1) is 32.7. The second-order valence-electron chi connectivity index (χ2n) is 12.3. The van der Waals surface area contributed by atoms with Crippen LogP contribution >= 0.6 is 11.6 Å². The maximum absolute atomic E-state index is 15.6. The Bertz CT molecular complexity index is 1900. The van der Waals surface area contributed by atoms with Crippen molar-refractivity contribution in [2.24, 2.45) is 0 Å². The molecule has 4 aromatic rings. The van der Waals surface area contributed by atoms with Crippen molar-refractivity contribution in [1.82, 2.24) is 15.6 Å². The molecule has 0 fully saturated rings. The number of nitrogens with one attached hydrogen (secondary N) is 2. The highest BCUT2D eigenvalue weighted by atomic mass is 35.5. The summed E-state index contributed by atoms with van der Waals surface area (Å²) in [4.78, 5) is 28.9. The van der Waals surface area contributed by atoms with E-state index in [1.807, 2.05) is 18.2 Å². The van der Waals surface area contributed by atoms with Crippen LogP contribution in [0.15, 0.2) is 60.9 Å². The number of ether oxygens (including phenoxy) is 4. The van der Waals surface area contributed by atoms with Crippen LogP contribution < -0.4 is 29.6 Å². The molecule has 0 saturated heterocycles. The lowest BCUT2D eigenvalue weighted by Gasteiger charge is -2.21. The van der Waals surface area contributed by atoms with Gasteiger partial charge in [0.2, 0.25) is 0 Å². The van der Waals surface area contributed by atoms with Crippen molar-refractivity contribution in [2.45, 2.75) is 57.4 Å². The number of amides is 1. The van der Waals surface area contributed by atoms with Crippen molar-refractivity contribution in [3.8, 4) is 34.1 Å². The highest BCUT2D eigenvalue weighted by Gasteiger charge is 2.30.